The second-order valence-electron chi connectivity index (χ2n) is 4.82. The van der Waals surface area contributed by atoms with Gasteiger partial charge in [-0.3, -0.25) is 4.79 Å². The Bertz CT molecular complexity index is 706. The second kappa shape index (κ2) is 8.97. The number of benzene rings is 1. The summed E-state index contributed by atoms with van der Waals surface area (Å²) in [4.78, 5) is 12.3. The van der Waals surface area contributed by atoms with Gasteiger partial charge < -0.3 is 19.5 Å². The number of anilines is 1. The molecule has 9 heteroatoms. The summed E-state index contributed by atoms with van der Waals surface area (Å²) in [5.74, 6) is -0.485. The molecule has 0 aliphatic carbocycles. The molecule has 2 rings (SSSR count). The summed E-state index contributed by atoms with van der Waals surface area (Å²) in [5, 5.41) is 6.71. The van der Waals surface area contributed by atoms with Crippen LogP contribution in [0.1, 0.15) is 24.2 Å². The number of carbonyl (C=O) groups is 1. The number of halogens is 2. The Hall–Kier alpha value is -2.68. The maximum Gasteiger partial charge on any atom is 0.387 e. The fourth-order valence-electron chi connectivity index (χ4n) is 2.00. The number of aromatic nitrogens is 2. The van der Waals surface area contributed by atoms with Crippen molar-refractivity contribution in [2.24, 2.45) is 0 Å². The Labute approximate surface area is 143 Å². The predicted molar refractivity (Wildman–Crippen MR) is 86.0 cm³/mol. The predicted octanol–water partition coefficient (Wildman–Crippen LogP) is 3.13. The van der Waals surface area contributed by atoms with Crippen LogP contribution in [0.2, 0.25) is 0 Å². The number of alkyl halides is 2. The van der Waals surface area contributed by atoms with E-state index in [2.05, 4.69) is 15.2 Å². The van der Waals surface area contributed by atoms with Gasteiger partial charge in [-0.1, -0.05) is 0 Å². The van der Waals surface area contributed by atoms with Crippen molar-refractivity contribution in [1.82, 2.24) is 9.78 Å². The van der Waals surface area contributed by atoms with Crippen molar-refractivity contribution in [2.75, 3.05) is 18.5 Å². The smallest absolute Gasteiger partial charge is 0.387 e. The summed E-state index contributed by atoms with van der Waals surface area (Å²) in [6.45, 7) is 1.66. The van der Waals surface area contributed by atoms with Gasteiger partial charge in [-0.15, -0.1) is 0 Å². The van der Waals surface area contributed by atoms with Crippen LogP contribution in [0.3, 0.4) is 0 Å². The first-order chi connectivity index (χ1) is 12.0. The number of hydrogen-bond donors (Lipinski definition) is 1. The van der Waals surface area contributed by atoms with Crippen molar-refractivity contribution in [2.45, 2.75) is 27.2 Å². The molecule has 0 atom stereocenters. The van der Waals surface area contributed by atoms with Crippen molar-refractivity contribution in [1.29, 1.82) is 0 Å². The van der Waals surface area contributed by atoms with Crippen LogP contribution in [0, 0.1) is 0 Å². The number of hydrogen-bond acceptors (Lipinski definition) is 5. The van der Waals surface area contributed by atoms with Gasteiger partial charge in [-0.05, 0) is 32.0 Å². The van der Waals surface area contributed by atoms with Gasteiger partial charge >= 0.3 is 6.61 Å². The molecule has 0 aliphatic heterocycles. The minimum Gasteiger partial charge on any atom is -0.490 e. The van der Waals surface area contributed by atoms with Gasteiger partial charge in [0.2, 0.25) is 0 Å². The highest BCUT2D eigenvalue weighted by Crippen LogP contribution is 2.30. The molecule has 1 aromatic carbocycles. The van der Waals surface area contributed by atoms with Crippen LogP contribution in [0.4, 0.5) is 14.5 Å². The number of nitrogens with one attached hydrogen (secondary N) is 1. The number of nitrogens with zero attached hydrogens (tertiary/aromatic N) is 2. The molecule has 0 aliphatic rings. The number of ether oxygens (including phenoxy) is 3. The Morgan fingerprint density at radius 2 is 2.08 bits per heavy atom. The van der Waals surface area contributed by atoms with Gasteiger partial charge in [0.1, 0.15) is 6.73 Å². The SMILES string of the molecule is CCOCn1cc(NC(=O)c2ccc(OC(F)F)c(OCC)c2)cn1. The molecule has 0 unspecified atom stereocenters. The minimum absolute atomic E-state index is 0.0718. The Morgan fingerprint density at radius 3 is 2.76 bits per heavy atom. The van der Waals surface area contributed by atoms with Gasteiger partial charge in [0, 0.05) is 12.2 Å². The zero-order valence-corrected chi connectivity index (χ0v) is 13.9. The lowest BCUT2D eigenvalue weighted by atomic mass is 10.2. The van der Waals surface area contributed by atoms with Gasteiger partial charge in [0.15, 0.2) is 11.5 Å². The molecule has 0 fully saturated rings. The zero-order valence-electron chi connectivity index (χ0n) is 13.9. The largest absolute Gasteiger partial charge is 0.490 e. The molecule has 1 aromatic heterocycles. The van der Waals surface area contributed by atoms with Crippen LogP contribution in [0.15, 0.2) is 30.6 Å². The molecule has 2 aromatic rings. The third-order valence-corrected chi connectivity index (χ3v) is 3.04. The van der Waals surface area contributed by atoms with Crippen molar-refractivity contribution in [3.63, 3.8) is 0 Å². The van der Waals surface area contributed by atoms with Crippen molar-refractivity contribution in [3.05, 3.63) is 36.2 Å². The number of carbonyl (C=O) groups excluding carboxylic acids is 1. The highest BCUT2D eigenvalue weighted by Gasteiger charge is 2.15. The Morgan fingerprint density at radius 1 is 1.28 bits per heavy atom. The summed E-state index contributed by atoms with van der Waals surface area (Å²) < 4.78 is 41.2. The minimum atomic E-state index is -2.98. The first kappa shape index (κ1) is 18.7. The van der Waals surface area contributed by atoms with E-state index >= 15 is 0 Å². The topological polar surface area (TPSA) is 74.6 Å². The van der Waals surface area contributed by atoms with Gasteiger partial charge in [0.25, 0.3) is 5.91 Å². The lowest BCUT2D eigenvalue weighted by Crippen LogP contribution is -2.12. The van der Waals surface area contributed by atoms with Crippen molar-refractivity contribution in [3.8, 4) is 11.5 Å². The van der Waals surface area contributed by atoms with Crippen LogP contribution < -0.4 is 14.8 Å². The number of rotatable bonds is 9. The molecule has 25 heavy (non-hydrogen) atoms. The third kappa shape index (κ3) is 5.42. The molecular formula is C16H19F2N3O4. The molecular weight excluding hydrogens is 336 g/mol. The Balaban J connectivity index is 2.10. The quantitative estimate of drug-likeness (QED) is 0.748. The first-order valence-corrected chi connectivity index (χ1v) is 7.66. The summed E-state index contributed by atoms with van der Waals surface area (Å²) in [6, 6.07) is 3.99. The van der Waals surface area contributed by atoms with Gasteiger partial charge in [0.05, 0.1) is 24.7 Å². The van der Waals surface area contributed by atoms with E-state index in [1.165, 1.54) is 29.1 Å². The summed E-state index contributed by atoms with van der Waals surface area (Å²) in [6.07, 6.45) is 3.10. The maximum atomic E-state index is 12.4. The van der Waals surface area contributed by atoms with Gasteiger partial charge in [-0.2, -0.15) is 13.9 Å². The van der Waals surface area contributed by atoms with Crippen molar-refractivity contribution >= 4 is 11.6 Å². The molecule has 1 amide bonds. The van der Waals surface area contributed by atoms with Crippen LogP contribution in [-0.2, 0) is 11.5 Å². The summed E-state index contributed by atoms with van der Waals surface area (Å²) in [5.41, 5.74) is 0.721. The first-order valence-electron chi connectivity index (χ1n) is 7.66. The molecule has 136 valence electrons. The van der Waals surface area contributed by atoms with E-state index in [1.807, 2.05) is 6.92 Å². The fourth-order valence-corrected chi connectivity index (χ4v) is 2.00. The standard InChI is InChI=1S/C16H19F2N3O4/c1-3-23-10-21-9-12(8-19-21)20-15(22)11-5-6-13(25-16(17)18)14(7-11)24-4-2/h5-9,16H,3-4,10H2,1-2H3,(H,20,22). The highest BCUT2D eigenvalue weighted by atomic mass is 19.3. The third-order valence-electron chi connectivity index (χ3n) is 3.04. The molecule has 7 nitrogen and oxygen atoms in total. The van der Waals surface area contributed by atoms with Crippen LogP contribution in [0.5, 0.6) is 11.5 Å². The average Bonchev–Trinajstić information content (AvgIpc) is 3.01. The molecule has 0 saturated carbocycles. The molecule has 0 spiro atoms. The fraction of sp³-hybridized carbons (Fsp3) is 0.375. The average molecular weight is 355 g/mol. The second-order valence-corrected chi connectivity index (χ2v) is 4.82. The van der Waals surface area contributed by atoms with Crippen LogP contribution in [-0.4, -0.2) is 35.5 Å². The molecule has 1 N–H and O–H groups in total. The highest BCUT2D eigenvalue weighted by molar-refractivity contribution is 6.04. The van der Waals surface area contributed by atoms with E-state index in [9.17, 15) is 13.6 Å². The van der Waals surface area contributed by atoms with Crippen LogP contribution in [0.25, 0.3) is 0 Å². The van der Waals surface area contributed by atoms with E-state index < -0.39 is 12.5 Å². The molecule has 1 heterocycles. The van der Waals surface area contributed by atoms with E-state index in [-0.39, 0.29) is 30.4 Å². The molecule has 0 saturated heterocycles. The zero-order chi connectivity index (χ0) is 18.2. The molecule has 0 bridgehead atoms. The van der Waals surface area contributed by atoms with Crippen molar-refractivity contribution < 1.29 is 27.8 Å². The van der Waals surface area contributed by atoms with E-state index in [0.717, 1.165) is 0 Å². The monoisotopic (exact) mass is 355 g/mol. The lowest BCUT2D eigenvalue weighted by Gasteiger charge is -2.12. The van der Waals surface area contributed by atoms with Crippen LogP contribution >= 0.6 is 0 Å². The summed E-state index contributed by atoms with van der Waals surface area (Å²) in [7, 11) is 0. The van der Waals surface area contributed by atoms with E-state index in [1.54, 1.807) is 13.1 Å². The molecule has 0 radical (unpaired) electrons. The summed E-state index contributed by atoms with van der Waals surface area (Å²) >= 11 is 0. The van der Waals surface area contributed by atoms with Gasteiger partial charge in [-0.25, -0.2) is 4.68 Å². The van der Waals surface area contributed by atoms with E-state index in [4.69, 9.17) is 9.47 Å². The maximum absolute atomic E-state index is 12.4. The normalized spacial score (nSPS) is 10.8. The van der Waals surface area contributed by atoms with E-state index in [0.29, 0.717) is 12.3 Å². The Kier molecular flexibility index (Phi) is 6.70. The number of amides is 1. The lowest BCUT2D eigenvalue weighted by molar-refractivity contribution is -0.0514.